The number of carbonyl (C=O) groups excluding carboxylic acids is 1. The first-order valence-electron chi connectivity index (χ1n) is 4.98. The van der Waals surface area contributed by atoms with Crippen LogP contribution in [0.5, 0.6) is 0 Å². The van der Waals surface area contributed by atoms with Crippen LogP contribution in [0.1, 0.15) is 5.56 Å². The van der Waals surface area contributed by atoms with Gasteiger partial charge in [0.25, 0.3) is 0 Å². The molecule has 5 heteroatoms. The SMILES string of the molecule is [NH3+]CC(=S)NCC(=O)OCc1ccccc1. The van der Waals surface area contributed by atoms with E-state index >= 15 is 0 Å². The summed E-state index contributed by atoms with van der Waals surface area (Å²) in [5.41, 5.74) is 4.57. The molecule has 0 aliphatic carbocycles. The molecule has 0 aliphatic heterocycles. The summed E-state index contributed by atoms with van der Waals surface area (Å²) >= 11 is 4.87. The van der Waals surface area contributed by atoms with Crippen LogP contribution in [0.15, 0.2) is 30.3 Å². The molecule has 0 atom stereocenters. The van der Waals surface area contributed by atoms with E-state index in [2.05, 4.69) is 11.1 Å². The van der Waals surface area contributed by atoms with Gasteiger partial charge in [-0.25, -0.2) is 0 Å². The molecule has 16 heavy (non-hydrogen) atoms. The van der Waals surface area contributed by atoms with Crippen molar-refractivity contribution in [2.24, 2.45) is 0 Å². The van der Waals surface area contributed by atoms with E-state index in [9.17, 15) is 4.79 Å². The third kappa shape index (κ3) is 4.86. The topological polar surface area (TPSA) is 66.0 Å². The lowest BCUT2D eigenvalue weighted by Crippen LogP contribution is -2.57. The van der Waals surface area contributed by atoms with Gasteiger partial charge in [-0.05, 0) is 5.56 Å². The molecular weight excluding hydrogens is 224 g/mol. The van der Waals surface area contributed by atoms with Gasteiger partial charge in [-0.15, -0.1) is 0 Å². The van der Waals surface area contributed by atoms with Gasteiger partial charge in [0.2, 0.25) is 0 Å². The molecule has 0 saturated heterocycles. The van der Waals surface area contributed by atoms with E-state index < -0.39 is 0 Å². The van der Waals surface area contributed by atoms with Gasteiger partial charge in [0, 0.05) is 0 Å². The van der Waals surface area contributed by atoms with Crippen molar-refractivity contribution < 1.29 is 15.3 Å². The van der Waals surface area contributed by atoms with E-state index in [1.807, 2.05) is 30.3 Å². The normalized spacial score (nSPS) is 9.56. The minimum atomic E-state index is -0.320. The summed E-state index contributed by atoms with van der Waals surface area (Å²) in [5, 5.41) is 2.76. The number of nitrogens with one attached hydrogen (secondary N) is 1. The average Bonchev–Trinajstić information content (AvgIpc) is 2.34. The molecule has 0 aromatic heterocycles. The van der Waals surface area contributed by atoms with E-state index in [0.717, 1.165) is 5.56 Å². The van der Waals surface area contributed by atoms with E-state index in [4.69, 9.17) is 17.0 Å². The van der Waals surface area contributed by atoms with Crippen molar-refractivity contribution in [2.75, 3.05) is 13.1 Å². The van der Waals surface area contributed by atoms with Crippen LogP contribution in [0, 0.1) is 0 Å². The number of rotatable bonds is 5. The highest BCUT2D eigenvalue weighted by Gasteiger charge is 2.04. The lowest BCUT2D eigenvalue weighted by Gasteiger charge is -2.06. The van der Waals surface area contributed by atoms with Crippen LogP contribution in [-0.2, 0) is 16.1 Å². The number of hydrogen-bond donors (Lipinski definition) is 2. The quantitative estimate of drug-likeness (QED) is 0.556. The van der Waals surface area contributed by atoms with Crippen LogP contribution in [0.25, 0.3) is 0 Å². The van der Waals surface area contributed by atoms with Gasteiger partial charge in [0.15, 0.2) is 0 Å². The molecule has 0 amide bonds. The molecule has 0 aliphatic rings. The summed E-state index contributed by atoms with van der Waals surface area (Å²) in [6.07, 6.45) is 0. The fourth-order valence-corrected chi connectivity index (χ4v) is 1.12. The third-order valence-electron chi connectivity index (χ3n) is 1.90. The molecule has 4 N–H and O–H groups in total. The Kier molecular flexibility index (Phi) is 5.45. The first-order valence-corrected chi connectivity index (χ1v) is 5.38. The number of quaternary nitrogens is 1. The Bertz CT molecular complexity index is 354. The van der Waals surface area contributed by atoms with Gasteiger partial charge < -0.3 is 15.8 Å². The van der Waals surface area contributed by atoms with Crippen LogP contribution >= 0.6 is 12.2 Å². The number of carbonyl (C=O) groups is 1. The molecule has 0 unspecified atom stereocenters. The maximum atomic E-state index is 11.3. The van der Waals surface area contributed by atoms with Gasteiger partial charge in [-0.1, -0.05) is 42.5 Å². The molecule has 0 radical (unpaired) electrons. The molecule has 1 aromatic carbocycles. The second-order valence-electron chi connectivity index (χ2n) is 3.17. The van der Waals surface area contributed by atoms with E-state index in [0.29, 0.717) is 18.1 Å². The molecule has 0 spiro atoms. The van der Waals surface area contributed by atoms with Crippen LogP contribution in [0.4, 0.5) is 0 Å². The Labute approximate surface area is 99.8 Å². The molecule has 0 bridgehead atoms. The smallest absolute Gasteiger partial charge is 0.325 e. The van der Waals surface area contributed by atoms with Crippen molar-refractivity contribution in [1.29, 1.82) is 0 Å². The Morgan fingerprint density at radius 3 is 2.69 bits per heavy atom. The van der Waals surface area contributed by atoms with Crippen molar-refractivity contribution >= 4 is 23.2 Å². The number of hydrogen-bond acceptors (Lipinski definition) is 3. The fraction of sp³-hybridized carbons (Fsp3) is 0.273. The Balaban J connectivity index is 2.23. The summed E-state index contributed by atoms with van der Waals surface area (Å²) in [5.74, 6) is -0.320. The van der Waals surface area contributed by atoms with Gasteiger partial charge in [0.1, 0.15) is 24.7 Å². The highest BCUT2D eigenvalue weighted by Crippen LogP contribution is 2.00. The largest absolute Gasteiger partial charge is 0.460 e. The van der Waals surface area contributed by atoms with Crippen molar-refractivity contribution in [1.82, 2.24) is 5.32 Å². The summed E-state index contributed by atoms with van der Waals surface area (Å²) < 4.78 is 5.04. The van der Waals surface area contributed by atoms with Crippen molar-refractivity contribution in [2.45, 2.75) is 6.61 Å². The zero-order valence-electron chi connectivity index (χ0n) is 8.94. The summed E-state index contributed by atoms with van der Waals surface area (Å²) in [4.78, 5) is 11.8. The van der Waals surface area contributed by atoms with E-state index in [-0.39, 0.29) is 12.5 Å². The van der Waals surface area contributed by atoms with Gasteiger partial charge >= 0.3 is 5.97 Å². The standard InChI is InChI=1S/C11H14N2O2S/c12-6-10(16)13-7-11(14)15-8-9-4-2-1-3-5-9/h1-5H,6-8,12H2,(H,13,16)/p+1. The minimum absolute atomic E-state index is 0.0984. The van der Waals surface area contributed by atoms with Crippen molar-refractivity contribution in [3.63, 3.8) is 0 Å². The van der Waals surface area contributed by atoms with Crippen LogP contribution in [-0.4, -0.2) is 24.0 Å². The number of benzene rings is 1. The first kappa shape index (κ1) is 12.6. The van der Waals surface area contributed by atoms with Crippen molar-refractivity contribution in [3.8, 4) is 0 Å². The Hall–Kier alpha value is -1.46. The molecule has 0 fully saturated rings. The number of ether oxygens (including phenoxy) is 1. The second-order valence-corrected chi connectivity index (χ2v) is 3.67. The van der Waals surface area contributed by atoms with Crippen molar-refractivity contribution in [3.05, 3.63) is 35.9 Å². The fourth-order valence-electron chi connectivity index (χ4n) is 1.05. The van der Waals surface area contributed by atoms with E-state index in [1.54, 1.807) is 0 Å². The first-order chi connectivity index (χ1) is 7.72. The Morgan fingerprint density at radius 1 is 1.38 bits per heavy atom. The maximum absolute atomic E-state index is 11.3. The minimum Gasteiger partial charge on any atom is -0.460 e. The molecular formula is C11H15N2O2S+. The zero-order chi connectivity index (χ0) is 11.8. The average molecular weight is 239 g/mol. The van der Waals surface area contributed by atoms with Crippen LogP contribution in [0.3, 0.4) is 0 Å². The predicted molar refractivity (Wildman–Crippen MR) is 64.6 cm³/mol. The molecule has 1 rings (SSSR count). The second kappa shape index (κ2) is 6.92. The molecule has 4 nitrogen and oxygen atoms in total. The molecule has 1 aromatic rings. The Morgan fingerprint density at radius 2 is 2.06 bits per heavy atom. The summed E-state index contributed by atoms with van der Waals surface area (Å²) in [7, 11) is 0. The summed E-state index contributed by atoms with van der Waals surface area (Å²) in [6, 6.07) is 9.53. The maximum Gasteiger partial charge on any atom is 0.325 e. The number of esters is 1. The zero-order valence-corrected chi connectivity index (χ0v) is 9.76. The summed E-state index contributed by atoms with van der Waals surface area (Å²) in [6.45, 7) is 0.876. The van der Waals surface area contributed by atoms with Gasteiger partial charge in [-0.2, -0.15) is 0 Å². The van der Waals surface area contributed by atoms with Gasteiger partial charge in [0.05, 0.1) is 0 Å². The number of thiocarbonyl (C=S) groups is 1. The van der Waals surface area contributed by atoms with Crippen LogP contribution < -0.4 is 11.1 Å². The predicted octanol–water partition coefficient (Wildman–Crippen LogP) is -0.111. The monoisotopic (exact) mass is 239 g/mol. The highest BCUT2D eigenvalue weighted by atomic mass is 32.1. The lowest BCUT2D eigenvalue weighted by atomic mass is 10.2. The molecule has 86 valence electrons. The highest BCUT2D eigenvalue weighted by molar-refractivity contribution is 7.80. The van der Waals surface area contributed by atoms with Crippen LogP contribution in [0.2, 0.25) is 0 Å². The lowest BCUT2D eigenvalue weighted by molar-refractivity contribution is -0.346. The van der Waals surface area contributed by atoms with E-state index in [1.165, 1.54) is 0 Å². The third-order valence-corrected chi connectivity index (χ3v) is 2.25. The molecule has 0 saturated carbocycles. The molecule has 0 heterocycles. The van der Waals surface area contributed by atoms with Gasteiger partial charge in [-0.3, -0.25) is 4.79 Å².